The van der Waals surface area contributed by atoms with Crippen LogP contribution in [0.2, 0.25) is 0 Å². The molecule has 0 bridgehead atoms. The molecule has 0 N–H and O–H groups in total. The Morgan fingerprint density at radius 2 is 2.23 bits per heavy atom. The number of nitrogens with zero attached hydrogens (tertiary/aromatic N) is 1. The SMILES string of the molecule is CCC1=CN(C=O)C2C=CC=CC12. The standard InChI is InChI=1S/C11H13NO/c1-2-9-7-12(8-13)11-6-4-3-5-10(9)11/h3-8,10-11H,2H2,1H3. The summed E-state index contributed by atoms with van der Waals surface area (Å²) < 4.78 is 0. The van der Waals surface area contributed by atoms with Gasteiger partial charge in [0.1, 0.15) is 0 Å². The molecule has 2 nitrogen and oxygen atoms in total. The molecule has 13 heavy (non-hydrogen) atoms. The number of fused-ring (bicyclic) bond motifs is 1. The van der Waals surface area contributed by atoms with Crippen molar-refractivity contribution in [1.82, 2.24) is 4.90 Å². The number of hydrogen-bond acceptors (Lipinski definition) is 1. The van der Waals surface area contributed by atoms with Gasteiger partial charge in [0.25, 0.3) is 0 Å². The molecule has 2 atom stereocenters. The normalized spacial score (nSPS) is 30.2. The molecule has 0 fully saturated rings. The molecule has 68 valence electrons. The van der Waals surface area contributed by atoms with Crippen LogP contribution in [0, 0.1) is 5.92 Å². The van der Waals surface area contributed by atoms with Gasteiger partial charge >= 0.3 is 0 Å². The van der Waals surface area contributed by atoms with E-state index in [0.29, 0.717) is 5.92 Å². The Morgan fingerprint density at radius 3 is 2.92 bits per heavy atom. The van der Waals surface area contributed by atoms with Crippen molar-refractivity contribution in [3.8, 4) is 0 Å². The van der Waals surface area contributed by atoms with Gasteiger partial charge in [0.15, 0.2) is 0 Å². The summed E-state index contributed by atoms with van der Waals surface area (Å²) in [5.74, 6) is 0.417. The lowest BCUT2D eigenvalue weighted by atomic mass is 9.90. The van der Waals surface area contributed by atoms with E-state index in [1.54, 1.807) is 4.90 Å². The summed E-state index contributed by atoms with van der Waals surface area (Å²) in [5.41, 5.74) is 1.35. The molecule has 2 aliphatic rings. The number of carbonyl (C=O) groups excluding carboxylic acids is 1. The van der Waals surface area contributed by atoms with E-state index < -0.39 is 0 Å². The Morgan fingerprint density at radius 1 is 1.46 bits per heavy atom. The van der Waals surface area contributed by atoms with E-state index in [0.717, 1.165) is 12.8 Å². The Labute approximate surface area is 78.2 Å². The molecule has 0 saturated heterocycles. The van der Waals surface area contributed by atoms with Crippen LogP contribution in [0.15, 0.2) is 36.1 Å². The first kappa shape index (κ1) is 8.30. The van der Waals surface area contributed by atoms with Crippen molar-refractivity contribution in [3.63, 3.8) is 0 Å². The van der Waals surface area contributed by atoms with Gasteiger partial charge in [0, 0.05) is 12.1 Å². The summed E-state index contributed by atoms with van der Waals surface area (Å²) >= 11 is 0. The molecule has 2 unspecified atom stereocenters. The van der Waals surface area contributed by atoms with Crippen molar-refractivity contribution >= 4 is 6.41 Å². The molecule has 0 radical (unpaired) electrons. The maximum Gasteiger partial charge on any atom is 0.214 e. The van der Waals surface area contributed by atoms with Crippen LogP contribution in [0.5, 0.6) is 0 Å². The lowest BCUT2D eigenvalue weighted by molar-refractivity contribution is -0.116. The topological polar surface area (TPSA) is 20.3 Å². The molecule has 0 aromatic heterocycles. The van der Waals surface area contributed by atoms with Crippen LogP contribution in [0.1, 0.15) is 13.3 Å². The highest BCUT2D eigenvalue weighted by molar-refractivity contribution is 5.54. The summed E-state index contributed by atoms with van der Waals surface area (Å²) in [6, 6.07) is 0.234. The molecule has 0 aromatic carbocycles. The zero-order chi connectivity index (χ0) is 9.26. The maximum absolute atomic E-state index is 10.7. The minimum Gasteiger partial charge on any atom is -0.314 e. The molecule has 0 aromatic rings. The first-order chi connectivity index (χ1) is 6.36. The quantitative estimate of drug-likeness (QED) is 0.587. The monoisotopic (exact) mass is 175 g/mol. The van der Waals surface area contributed by atoms with E-state index in [-0.39, 0.29) is 6.04 Å². The fraction of sp³-hybridized carbons (Fsp3) is 0.364. The zero-order valence-electron chi connectivity index (χ0n) is 7.68. The highest BCUT2D eigenvalue weighted by Gasteiger charge is 2.31. The van der Waals surface area contributed by atoms with Crippen molar-refractivity contribution in [2.24, 2.45) is 5.92 Å². The average molecular weight is 175 g/mol. The van der Waals surface area contributed by atoms with Gasteiger partial charge in [-0.25, -0.2) is 0 Å². The van der Waals surface area contributed by atoms with Crippen LogP contribution in [-0.4, -0.2) is 17.4 Å². The van der Waals surface area contributed by atoms with E-state index in [9.17, 15) is 4.79 Å². The molecular formula is C11H13NO. The highest BCUT2D eigenvalue weighted by atomic mass is 16.1. The third-order valence-electron chi connectivity index (χ3n) is 2.72. The number of hydrogen-bond donors (Lipinski definition) is 0. The summed E-state index contributed by atoms with van der Waals surface area (Å²) in [5, 5.41) is 0. The molecule has 1 amide bonds. The van der Waals surface area contributed by atoms with Crippen LogP contribution < -0.4 is 0 Å². The zero-order valence-corrected chi connectivity index (χ0v) is 7.68. The van der Waals surface area contributed by atoms with E-state index >= 15 is 0 Å². The minimum atomic E-state index is 0.234. The van der Waals surface area contributed by atoms with Gasteiger partial charge in [-0.2, -0.15) is 0 Å². The smallest absolute Gasteiger partial charge is 0.214 e. The van der Waals surface area contributed by atoms with Crippen molar-refractivity contribution in [3.05, 3.63) is 36.1 Å². The second-order valence-corrected chi connectivity index (χ2v) is 3.40. The third-order valence-corrected chi connectivity index (χ3v) is 2.72. The van der Waals surface area contributed by atoms with Crippen molar-refractivity contribution < 1.29 is 4.79 Å². The average Bonchev–Trinajstić information content (AvgIpc) is 2.56. The molecule has 1 aliphatic heterocycles. The molecule has 0 saturated carbocycles. The highest BCUT2D eigenvalue weighted by Crippen LogP contribution is 2.33. The van der Waals surface area contributed by atoms with Gasteiger partial charge in [0.05, 0.1) is 6.04 Å². The van der Waals surface area contributed by atoms with Crippen LogP contribution in [0.3, 0.4) is 0 Å². The molecule has 2 rings (SSSR count). The third kappa shape index (κ3) is 1.22. The Balaban J connectivity index is 2.29. The lowest BCUT2D eigenvalue weighted by Crippen LogP contribution is -2.29. The second kappa shape index (κ2) is 3.21. The van der Waals surface area contributed by atoms with Crippen LogP contribution in [0.4, 0.5) is 0 Å². The number of amides is 1. The van der Waals surface area contributed by atoms with Crippen molar-refractivity contribution in [2.45, 2.75) is 19.4 Å². The maximum atomic E-state index is 10.7. The van der Waals surface area contributed by atoms with Crippen LogP contribution in [0.25, 0.3) is 0 Å². The first-order valence-electron chi connectivity index (χ1n) is 4.65. The van der Waals surface area contributed by atoms with Gasteiger partial charge < -0.3 is 4.90 Å². The lowest BCUT2D eigenvalue weighted by Gasteiger charge is -2.22. The van der Waals surface area contributed by atoms with Crippen LogP contribution >= 0.6 is 0 Å². The fourth-order valence-electron chi connectivity index (χ4n) is 2.01. The summed E-state index contributed by atoms with van der Waals surface area (Å²) in [4.78, 5) is 12.5. The summed E-state index contributed by atoms with van der Waals surface area (Å²) in [6.07, 6.45) is 12.2. The largest absolute Gasteiger partial charge is 0.314 e. The van der Waals surface area contributed by atoms with E-state index in [4.69, 9.17) is 0 Å². The summed E-state index contributed by atoms with van der Waals surface area (Å²) in [7, 11) is 0. The van der Waals surface area contributed by atoms with Crippen molar-refractivity contribution in [2.75, 3.05) is 0 Å². The molecule has 0 spiro atoms. The predicted octanol–water partition coefficient (Wildman–Crippen LogP) is 1.86. The van der Waals surface area contributed by atoms with Gasteiger partial charge in [-0.3, -0.25) is 4.79 Å². The van der Waals surface area contributed by atoms with Gasteiger partial charge in [-0.15, -0.1) is 0 Å². The molecule has 1 heterocycles. The van der Waals surface area contributed by atoms with E-state index in [1.165, 1.54) is 5.57 Å². The fourth-order valence-corrected chi connectivity index (χ4v) is 2.01. The Kier molecular flexibility index (Phi) is 2.05. The number of allylic oxidation sites excluding steroid dienone is 2. The van der Waals surface area contributed by atoms with Gasteiger partial charge in [0.2, 0.25) is 6.41 Å². The predicted molar refractivity (Wildman–Crippen MR) is 51.8 cm³/mol. The first-order valence-corrected chi connectivity index (χ1v) is 4.65. The molecular weight excluding hydrogens is 162 g/mol. The molecule has 1 aliphatic carbocycles. The van der Waals surface area contributed by atoms with E-state index in [1.807, 2.05) is 12.3 Å². The second-order valence-electron chi connectivity index (χ2n) is 3.40. The van der Waals surface area contributed by atoms with Crippen molar-refractivity contribution in [1.29, 1.82) is 0 Å². The summed E-state index contributed by atoms with van der Waals surface area (Å²) in [6.45, 7) is 2.13. The molecule has 2 heteroatoms. The van der Waals surface area contributed by atoms with Crippen LogP contribution in [-0.2, 0) is 4.79 Å². The number of carbonyl (C=O) groups is 1. The van der Waals surface area contributed by atoms with Gasteiger partial charge in [-0.1, -0.05) is 31.2 Å². The van der Waals surface area contributed by atoms with Gasteiger partial charge in [-0.05, 0) is 12.0 Å². The Bertz CT molecular complexity index is 301. The van der Waals surface area contributed by atoms with E-state index in [2.05, 4.69) is 25.2 Å². The Hall–Kier alpha value is -1.31. The minimum absolute atomic E-state index is 0.234. The number of rotatable bonds is 2.